The molecule has 3 heteroatoms. The Morgan fingerprint density at radius 2 is 1.03 bits per heavy atom. The van der Waals surface area contributed by atoms with E-state index in [4.69, 9.17) is 10.1 Å². The van der Waals surface area contributed by atoms with Crippen molar-refractivity contribution < 1.29 is 0 Å². The largest absolute Gasteiger partial charge is 0.233 e. The van der Waals surface area contributed by atoms with Crippen LogP contribution in [0.1, 0.15) is 27.8 Å². The molecule has 1 aliphatic rings. The van der Waals surface area contributed by atoms with Gasteiger partial charge in [0.15, 0.2) is 0 Å². The van der Waals surface area contributed by atoms with Gasteiger partial charge in [-0.05, 0) is 34.7 Å². The summed E-state index contributed by atoms with van der Waals surface area (Å²) in [6.45, 7) is 2.11. The van der Waals surface area contributed by atoms with E-state index in [-0.39, 0.29) is 0 Å². The van der Waals surface area contributed by atoms with Gasteiger partial charge in [0, 0.05) is 5.56 Å². The fourth-order valence-electron chi connectivity index (χ4n) is 5.68. The average molecular weight is 478 g/mol. The van der Waals surface area contributed by atoms with Gasteiger partial charge in [0.1, 0.15) is 6.34 Å². The standard InChI is InChI=1S/C34H27N3/c1-26-21-23-27(24-22-26)31-19-11-12-20-32(31)34(35-25-36-37-34)33(28-13-5-2-6-14-28,29-15-7-3-8-16-29)30-17-9-4-10-18-30/h2-25H,1H3. The van der Waals surface area contributed by atoms with E-state index in [9.17, 15) is 0 Å². The molecule has 37 heavy (non-hydrogen) atoms. The molecule has 6 rings (SSSR count). The molecule has 0 fully saturated rings. The van der Waals surface area contributed by atoms with Gasteiger partial charge in [0.25, 0.3) is 0 Å². The summed E-state index contributed by atoms with van der Waals surface area (Å²) < 4.78 is 0. The molecule has 0 bridgehead atoms. The van der Waals surface area contributed by atoms with Crippen molar-refractivity contribution in [1.82, 2.24) is 0 Å². The first-order valence-corrected chi connectivity index (χ1v) is 12.5. The van der Waals surface area contributed by atoms with Gasteiger partial charge in [-0.3, -0.25) is 0 Å². The van der Waals surface area contributed by atoms with Crippen molar-refractivity contribution in [3.05, 3.63) is 167 Å². The molecule has 1 atom stereocenters. The highest BCUT2D eigenvalue weighted by molar-refractivity contribution is 5.74. The predicted octanol–water partition coefficient (Wildman–Crippen LogP) is 8.34. The molecule has 0 spiro atoms. The number of hydrogen-bond acceptors (Lipinski definition) is 3. The third-order valence-corrected chi connectivity index (χ3v) is 7.31. The van der Waals surface area contributed by atoms with Crippen LogP contribution in [0, 0.1) is 6.92 Å². The molecule has 0 aliphatic carbocycles. The summed E-state index contributed by atoms with van der Waals surface area (Å²) in [4.78, 5) is 5.18. The topological polar surface area (TPSA) is 37.1 Å². The van der Waals surface area contributed by atoms with E-state index >= 15 is 0 Å². The minimum atomic E-state index is -1.07. The lowest BCUT2D eigenvalue weighted by Gasteiger charge is -2.46. The highest BCUT2D eigenvalue weighted by Crippen LogP contribution is 2.57. The highest BCUT2D eigenvalue weighted by atomic mass is 15.3. The minimum absolute atomic E-state index is 0.784. The summed E-state index contributed by atoms with van der Waals surface area (Å²) in [7, 11) is 0. The van der Waals surface area contributed by atoms with Crippen molar-refractivity contribution in [2.24, 2.45) is 15.2 Å². The Morgan fingerprint density at radius 1 is 0.541 bits per heavy atom. The van der Waals surface area contributed by atoms with E-state index in [2.05, 4.69) is 152 Å². The molecule has 3 nitrogen and oxygen atoms in total. The maximum Gasteiger partial charge on any atom is 0.216 e. The first-order valence-electron chi connectivity index (χ1n) is 12.5. The number of azo groups is 1. The zero-order chi connectivity index (χ0) is 25.1. The van der Waals surface area contributed by atoms with Gasteiger partial charge < -0.3 is 0 Å². The first kappa shape index (κ1) is 22.8. The molecule has 178 valence electrons. The summed E-state index contributed by atoms with van der Waals surface area (Å²) in [6.07, 6.45) is 1.61. The molecule has 0 aromatic heterocycles. The van der Waals surface area contributed by atoms with Crippen LogP contribution < -0.4 is 0 Å². The van der Waals surface area contributed by atoms with Crippen molar-refractivity contribution in [1.29, 1.82) is 0 Å². The minimum Gasteiger partial charge on any atom is -0.233 e. The highest BCUT2D eigenvalue weighted by Gasteiger charge is 2.58. The molecule has 0 saturated heterocycles. The number of nitrogens with zero attached hydrogens (tertiary/aromatic N) is 3. The van der Waals surface area contributed by atoms with Crippen LogP contribution in [-0.4, -0.2) is 6.34 Å². The van der Waals surface area contributed by atoms with E-state index in [0.717, 1.165) is 33.4 Å². The van der Waals surface area contributed by atoms with Crippen LogP contribution in [0.2, 0.25) is 0 Å². The molecule has 5 aromatic rings. The van der Waals surface area contributed by atoms with Gasteiger partial charge in [0.2, 0.25) is 5.66 Å². The number of aliphatic imine (C=N–C) groups is 1. The van der Waals surface area contributed by atoms with Crippen LogP contribution >= 0.6 is 0 Å². The zero-order valence-corrected chi connectivity index (χ0v) is 20.7. The molecule has 0 N–H and O–H groups in total. The molecule has 1 heterocycles. The smallest absolute Gasteiger partial charge is 0.216 e. The van der Waals surface area contributed by atoms with E-state index < -0.39 is 11.1 Å². The van der Waals surface area contributed by atoms with Crippen LogP contribution in [0.4, 0.5) is 0 Å². The Hall–Kier alpha value is -4.63. The molecular weight excluding hydrogens is 450 g/mol. The van der Waals surface area contributed by atoms with Gasteiger partial charge in [-0.2, -0.15) is 5.11 Å². The maximum atomic E-state index is 5.18. The zero-order valence-electron chi connectivity index (χ0n) is 20.7. The predicted molar refractivity (Wildman–Crippen MR) is 151 cm³/mol. The first-order chi connectivity index (χ1) is 18.3. The quantitative estimate of drug-likeness (QED) is 0.220. The second-order valence-electron chi connectivity index (χ2n) is 9.39. The Bertz CT molecular complexity index is 1450. The second-order valence-corrected chi connectivity index (χ2v) is 9.39. The summed E-state index contributed by atoms with van der Waals surface area (Å²) >= 11 is 0. The number of hydrogen-bond donors (Lipinski definition) is 0. The van der Waals surface area contributed by atoms with Crippen molar-refractivity contribution in [2.75, 3.05) is 0 Å². The molecular formula is C34H27N3. The summed E-state index contributed by atoms with van der Waals surface area (Å²) in [5.41, 5.74) is 5.90. The Balaban J connectivity index is 1.77. The Morgan fingerprint density at radius 3 is 1.51 bits per heavy atom. The SMILES string of the molecule is Cc1ccc(-c2ccccc2C2(C(c3ccccc3)(c3ccccc3)c3ccccc3)N=CN=N2)cc1. The average Bonchev–Trinajstić information content (AvgIpc) is 3.47. The lowest BCUT2D eigenvalue weighted by atomic mass is 9.59. The van der Waals surface area contributed by atoms with E-state index in [1.54, 1.807) is 6.34 Å². The van der Waals surface area contributed by atoms with Gasteiger partial charge in [-0.1, -0.05) is 145 Å². The Kier molecular flexibility index (Phi) is 5.82. The van der Waals surface area contributed by atoms with E-state index in [0.29, 0.717) is 0 Å². The number of benzene rings is 5. The fourth-order valence-corrected chi connectivity index (χ4v) is 5.68. The molecule has 0 radical (unpaired) electrons. The number of rotatable bonds is 6. The molecule has 0 amide bonds. The number of aryl methyl sites for hydroxylation is 1. The van der Waals surface area contributed by atoms with Crippen LogP contribution in [0.25, 0.3) is 11.1 Å². The van der Waals surface area contributed by atoms with Crippen LogP contribution in [0.5, 0.6) is 0 Å². The Labute approximate surface area is 217 Å². The second kappa shape index (κ2) is 9.44. The molecule has 5 aromatic carbocycles. The van der Waals surface area contributed by atoms with Gasteiger partial charge in [-0.15, -0.1) is 5.11 Å². The summed E-state index contributed by atoms with van der Waals surface area (Å²) in [5.74, 6) is 0. The third kappa shape index (κ3) is 3.63. The third-order valence-electron chi connectivity index (χ3n) is 7.31. The maximum absolute atomic E-state index is 5.18. The van der Waals surface area contributed by atoms with E-state index in [1.165, 1.54) is 5.56 Å². The van der Waals surface area contributed by atoms with Gasteiger partial charge in [0.05, 0.1) is 5.41 Å². The molecule has 1 aliphatic heterocycles. The molecule has 0 saturated carbocycles. The van der Waals surface area contributed by atoms with Crippen LogP contribution in [0.15, 0.2) is 155 Å². The fraction of sp³-hybridized carbons (Fsp3) is 0.0882. The van der Waals surface area contributed by atoms with Crippen molar-refractivity contribution >= 4 is 6.34 Å². The lowest BCUT2D eigenvalue weighted by Crippen LogP contribution is -2.48. The van der Waals surface area contributed by atoms with Crippen molar-refractivity contribution in [3.63, 3.8) is 0 Å². The lowest BCUT2D eigenvalue weighted by molar-refractivity contribution is 0.323. The van der Waals surface area contributed by atoms with Crippen LogP contribution in [0.3, 0.4) is 0 Å². The van der Waals surface area contributed by atoms with Crippen molar-refractivity contribution in [2.45, 2.75) is 18.0 Å². The summed E-state index contributed by atoms with van der Waals surface area (Å²) in [6, 6.07) is 48.9. The normalized spacial score (nSPS) is 16.7. The van der Waals surface area contributed by atoms with Crippen LogP contribution in [-0.2, 0) is 11.1 Å². The molecule has 1 unspecified atom stereocenters. The van der Waals surface area contributed by atoms with Gasteiger partial charge >= 0.3 is 0 Å². The van der Waals surface area contributed by atoms with Crippen molar-refractivity contribution in [3.8, 4) is 11.1 Å². The van der Waals surface area contributed by atoms with Gasteiger partial charge in [-0.25, -0.2) is 4.99 Å². The van der Waals surface area contributed by atoms with E-state index in [1.807, 2.05) is 0 Å². The summed E-state index contributed by atoms with van der Waals surface area (Å²) in [5, 5.41) is 9.48. The monoisotopic (exact) mass is 477 g/mol.